The number of hydrogen-bond acceptors (Lipinski definition) is 4. The van der Waals surface area contributed by atoms with Gasteiger partial charge in [0, 0.05) is 7.05 Å². The first-order valence-electron chi connectivity index (χ1n) is 8.06. The van der Waals surface area contributed by atoms with Crippen LogP contribution in [0, 0.1) is 6.92 Å². The maximum atomic E-state index is 12.3. The molecule has 0 aliphatic heterocycles. The van der Waals surface area contributed by atoms with Crippen LogP contribution in [0.4, 0.5) is 0 Å². The van der Waals surface area contributed by atoms with Crippen LogP contribution in [0.15, 0.2) is 48.5 Å². The lowest BCUT2D eigenvalue weighted by Crippen LogP contribution is -2.33. The monoisotopic (exact) mass is 341 g/mol. The van der Waals surface area contributed by atoms with E-state index in [1.54, 1.807) is 37.3 Å². The molecule has 0 spiro atoms. The zero-order valence-corrected chi connectivity index (χ0v) is 15.0. The van der Waals surface area contributed by atoms with E-state index in [9.17, 15) is 9.59 Å². The van der Waals surface area contributed by atoms with E-state index in [2.05, 4.69) is 0 Å². The minimum atomic E-state index is -0.549. The molecule has 0 bridgehead atoms. The standard InChI is InChI=1S/C20H23NO4/c1-14-10-11-17(12-18(14)24-4)20(23)25-13-19(22)21(3)15(2)16-8-6-5-7-9-16/h5-12,15H,13H2,1-4H3/t15-/m0/s1. The molecule has 5 nitrogen and oxygen atoms in total. The topological polar surface area (TPSA) is 55.8 Å². The average molecular weight is 341 g/mol. The number of esters is 1. The van der Waals surface area contributed by atoms with Crippen LogP contribution in [0.2, 0.25) is 0 Å². The number of methoxy groups -OCH3 is 1. The van der Waals surface area contributed by atoms with E-state index in [1.165, 1.54) is 0 Å². The van der Waals surface area contributed by atoms with Gasteiger partial charge in [-0.2, -0.15) is 0 Å². The molecule has 0 N–H and O–H groups in total. The van der Waals surface area contributed by atoms with Gasteiger partial charge in [0.15, 0.2) is 6.61 Å². The number of aryl methyl sites for hydroxylation is 1. The largest absolute Gasteiger partial charge is 0.496 e. The molecule has 0 fully saturated rings. The van der Waals surface area contributed by atoms with Crippen LogP contribution >= 0.6 is 0 Å². The number of hydrogen-bond donors (Lipinski definition) is 0. The first kappa shape index (κ1) is 18.5. The number of nitrogens with zero attached hydrogens (tertiary/aromatic N) is 1. The zero-order valence-electron chi connectivity index (χ0n) is 15.0. The van der Waals surface area contributed by atoms with Crippen LogP contribution in [0.5, 0.6) is 5.75 Å². The van der Waals surface area contributed by atoms with Gasteiger partial charge in [0.05, 0.1) is 18.7 Å². The normalized spacial score (nSPS) is 11.5. The number of likely N-dealkylation sites (N-methyl/N-ethyl adjacent to an activating group) is 1. The predicted molar refractivity (Wildman–Crippen MR) is 95.6 cm³/mol. The fourth-order valence-electron chi connectivity index (χ4n) is 2.43. The second kappa shape index (κ2) is 8.33. The highest BCUT2D eigenvalue weighted by atomic mass is 16.5. The Hall–Kier alpha value is -2.82. The van der Waals surface area contributed by atoms with Crippen LogP contribution in [-0.2, 0) is 9.53 Å². The highest BCUT2D eigenvalue weighted by Gasteiger charge is 2.19. The van der Waals surface area contributed by atoms with Crippen molar-refractivity contribution in [2.24, 2.45) is 0 Å². The SMILES string of the molecule is COc1cc(C(=O)OCC(=O)N(C)[C@@H](C)c2ccccc2)ccc1C. The minimum absolute atomic E-state index is 0.105. The van der Waals surface area contributed by atoms with Crippen molar-refractivity contribution in [1.29, 1.82) is 0 Å². The summed E-state index contributed by atoms with van der Waals surface area (Å²) in [7, 11) is 3.24. The second-order valence-electron chi connectivity index (χ2n) is 5.85. The van der Waals surface area contributed by atoms with Gasteiger partial charge in [-0.15, -0.1) is 0 Å². The van der Waals surface area contributed by atoms with E-state index in [0.29, 0.717) is 11.3 Å². The van der Waals surface area contributed by atoms with Gasteiger partial charge < -0.3 is 14.4 Å². The van der Waals surface area contributed by atoms with Crippen molar-refractivity contribution in [2.45, 2.75) is 19.9 Å². The summed E-state index contributed by atoms with van der Waals surface area (Å²) in [5, 5.41) is 0. The fourth-order valence-corrected chi connectivity index (χ4v) is 2.43. The van der Waals surface area contributed by atoms with Crippen molar-refractivity contribution in [1.82, 2.24) is 4.90 Å². The highest BCUT2D eigenvalue weighted by molar-refractivity contribution is 5.91. The lowest BCUT2D eigenvalue weighted by Gasteiger charge is -2.25. The summed E-state index contributed by atoms with van der Waals surface area (Å²) >= 11 is 0. The van der Waals surface area contributed by atoms with E-state index >= 15 is 0 Å². The first-order chi connectivity index (χ1) is 11.9. The molecule has 1 amide bonds. The average Bonchev–Trinajstić information content (AvgIpc) is 2.65. The number of benzene rings is 2. The molecule has 2 aromatic rings. The maximum Gasteiger partial charge on any atom is 0.338 e. The van der Waals surface area contributed by atoms with Gasteiger partial charge >= 0.3 is 5.97 Å². The smallest absolute Gasteiger partial charge is 0.338 e. The zero-order chi connectivity index (χ0) is 18.4. The summed E-state index contributed by atoms with van der Waals surface area (Å²) in [4.78, 5) is 26.0. The Morgan fingerprint density at radius 2 is 1.80 bits per heavy atom. The number of amides is 1. The third-order valence-corrected chi connectivity index (χ3v) is 4.23. The molecule has 25 heavy (non-hydrogen) atoms. The molecule has 0 radical (unpaired) electrons. The van der Waals surface area contributed by atoms with Gasteiger partial charge in [0.2, 0.25) is 0 Å². The van der Waals surface area contributed by atoms with Gasteiger partial charge in [-0.3, -0.25) is 4.79 Å². The molecule has 0 heterocycles. The Kier molecular flexibility index (Phi) is 6.17. The molecule has 132 valence electrons. The summed E-state index contributed by atoms with van der Waals surface area (Å²) in [6.45, 7) is 3.51. The third-order valence-electron chi connectivity index (χ3n) is 4.23. The lowest BCUT2D eigenvalue weighted by molar-refractivity contribution is -0.135. The van der Waals surface area contributed by atoms with E-state index in [0.717, 1.165) is 11.1 Å². The summed E-state index contributed by atoms with van der Waals surface area (Å²) < 4.78 is 10.3. The molecule has 0 aromatic heterocycles. The van der Waals surface area contributed by atoms with Crippen molar-refractivity contribution in [3.63, 3.8) is 0 Å². The summed E-state index contributed by atoms with van der Waals surface area (Å²) in [5.74, 6) is -0.202. The van der Waals surface area contributed by atoms with E-state index in [-0.39, 0.29) is 18.6 Å². The Balaban J connectivity index is 1.96. The van der Waals surface area contributed by atoms with E-state index in [4.69, 9.17) is 9.47 Å². The number of carbonyl (C=O) groups excluding carboxylic acids is 2. The summed E-state index contributed by atoms with van der Waals surface area (Å²) in [6, 6.07) is 14.6. The molecule has 2 aromatic carbocycles. The second-order valence-corrected chi connectivity index (χ2v) is 5.85. The maximum absolute atomic E-state index is 12.3. The Bertz CT molecular complexity index is 743. The van der Waals surface area contributed by atoms with Gasteiger partial charge in [-0.25, -0.2) is 4.79 Å². The van der Waals surface area contributed by atoms with Gasteiger partial charge in [0.1, 0.15) is 5.75 Å². The molecule has 0 unspecified atom stereocenters. The third kappa shape index (κ3) is 4.59. The van der Waals surface area contributed by atoms with Crippen molar-refractivity contribution < 1.29 is 19.1 Å². The Labute approximate surface area is 148 Å². The summed E-state index contributed by atoms with van der Waals surface area (Å²) in [5.41, 5.74) is 2.30. The van der Waals surface area contributed by atoms with Crippen molar-refractivity contribution in [3.8, 4) is 5.75 Å². The fraction of sp³-hybridized carbons (Fsp3) is 0.300. The lowest BCUT2D eigenvalue weighted by atomic mass is 10.1. The predicted octanol–water partition coefficient (Wildman–Crippen LogP) is 3.38. The van der Waals surface area contributed by atoms with Crippen LogP contribution < -0.4 is 4.74 Å². The minimum Gasteiger partial charge on any atom is -0.496 e. The summed E-state index contributed by atoms with van der Waals surface area (Å²) in [6.07, 6.45) is 0. The Morgan fingerprint density at radius 1 is 1.12 bits per heavy atom. The van der Waals surface area contributed by atoms with Gasteiger partial charge in [-0.05, 0) is 37.1 Å². The molecule has 5 heteroatoms. The molecule has 0 saturated carbocycles. The molecular weight excluding hydrogens is 318 g/mol. The van der Waals surface area contributed by atoms with Crippen LogP contribution in [0.1, 0.15) is 34.5 Å². The number of rotatable bonds is 6. The van der Waals surface area contributed by atoms with Crippen molar-refractivity contribution in [2.75, 3.05) is 20.8 Å². The van der Waals surface area contributed by atoms with Crippen LogP contribution in [-0.4, -0.2) is 37.5 Å². The number of carbonyl (C=O) groups is 2. The van der Waals surface area contributed by atoms with Crippen molar-refractivity contribution >= 4 is 11.9 Å². The van der Waals surface area contributed by atoms with Gasteiger partial charge in [-0.1, -0.05) is 36.4 Å². The quantitative estimate of drug-likeness (QED) is 0.756. The van der Waals surface area contributed by atoms with Crippen LogP contribution in [0.25, 0.3) is 0 Å². The molecule has 1 atom stereocenters. The van der Waals surface area contributed by atoms with Gasteiger partial charge in [0.25, 0.3) is 5.91 Å². The highest BCUT2D eigenvalue weighted by Crippen LogP contribution is 2.20. The molecule has 2 rings (SSSR count). The van der Waals surface area contributed by atoms with Crippen LogP contribution in [0.3, 0.4) is 0 Å². The van der Waals surface area contributed by atoms with E-state index in [1.807, 2.05) is 44.2 Å². The van der Waals surface area contributed by atoms with E-state index < -0.39 is 5.97 Å². The molecular formula is C20H23NO4. The molecule has 0 saturated heterocycles. The number of ether oxygens (including phenoxy) is 2. The van der Waals surface area contributed by atoms with Crippen molar-refractivity contribution in [3.05, 3.63) is 65.2 Å². The first-order valence-corrected chi connectivity index (χ1v) is 8.06. The Morgan fingerprint density at radius 3 is 2.44 bits per heavy atom. The molecule has 0 aliphatic carbocycles. The molecule has 0 aliphatic rings.